The Balaban J connectivity index is 1.68. The summed E-state index contributed by atoms with van der Waals surface area (Å²) >= 11 is 0. The van der Waals surface area contributed by atoms with E-state index in [1.165, 1.54) is 0 Å². The van der Waals surface area contributed by atoms with Gasteiger partial charge >= 0.3 is 0 Å². The molecule has 6 heteroatoms. The van der Waals surface area contributed by atoms with Crippen LogP contribution in [0.1, 0.15) is 32.4 Å². The van der Waals surface area contributed by atoms with E-state index >= 15 is 0 Å². The second-order valence-electron chi connectivity index (χ2n) is 9.78. The molecule has 1 heterocycles. The van der Waals surface area contributed by atoms with Crippen LogP contribution in [0, 0.1) is 0 Å². The minimum atomic E-state index is -0.909. The molecule has 0 saturated carbocycles. The number of nitrogens with zero attached hydrogens (tertiary/aromatic N) is 3. The maximum atomic E-state index is 14.2. The number of Topliss-reactive ketones (excluding diaryl/α,β-unsaturated/α-hetero) is 1. The van der Waals surface area contributed by atoms with Gasteiger partial charge in [-0.3, -0.25) is 14.5 Å². The fourth-order valence-corrected chi connectivity index (χ4v) is 4.77. The van der Waals surface area contributed by atoms with Crippen LogP contribution in [0.15, 0.2) is 103 Å². The number of rotatable bonds is 6. The summed E-state index contributed by atoms with van der Waals surface area (Å²) in [5, 5.41) is 0. The van der Waals surface area contributed by atoms with E-state index < -0.39 is 12.1 Å². The Morgan fingerprint density at radius 1 is 0.658 bits per heavy atom. The van der Waals surface area contributed by atoms with Gasteiger partial charge in [-0.15, -0.1) is 0 Å². The lowest BCUT2D eigenvalue weighted by Gasteiger charge is -2.40. The van der Waals surface area contributed by atoms with E-state index in [1.54, 1.807) is 29.2 Å². The van der Waals surface area contributed by atoms with Crippen LogP contribution in [0.2, 0.25) is 0 Å². The lowest BCUT2D eigenvalue weighted by Crippen LogP contribution is -2.52. The molecule has 0 aromatic heterocycles. The Morgan fingerprint density at radius 3 is 1.79 bits per heavy atom. The van der Waals surface area contributed by atoms with Crippen molar-refractivity contribution >= 4 is 28.8 Å². The van der Waals surface area contributed by atoms with Gasteiger partial charge in [0.1, 0.15) is 11.8 Å². The molecule has 5 rings (SSSR count). The number of hydrogen-bond acceptors (Lipinski definition) is 5. The molecule has 4 aromatic rings. The van der Waals surface area contributed by atoms with E-state index in [4.69, 9.17) is 4.74 Å². The first-order valence-electron chi connectivity index (χ1n) is 12.6. The Labute approximate surface area is 223 Å². The zero-order chi connectivity index (χ0) is 26.8. The molecule has 0 bridgehead atoms. The summed E-state index contributed by atoms with van der Waals surface area (Å²) in [7, 11) is 7.88. The minimum absolute atomic E-state index is 0.158. The fourth-order valence-electron chi connectivity index (χ4n) is 4.77. The highest BCUT2D eigenvalue weighted by atomic mass is 16.5. The van der Waals surface area contributed by atoms with Crippen molar-refractivity contribution in [3.05, 3.63) is 120 Å². The van der Waals surface area contributed by atoms with Crippen molar-refractivity contribution in [1.82, 2.24) is 0 Å². The molecule has 1 aliphatic heterocycles. The SMILES string of the molecule is CN(C)c1ccc(C2Oc3ccccc3C(=O)C2N(C(=O)c2ccccc2)c2ccc(N(C)C)cc2)cc1. The molecule has 0 aliphatic carbocycles. The summed E-state index contributed by atoms with van der Waals surface area (Å²) in [4.78, 5) is 34.0. The van der Waals surface area contributed by atoms with Gasteiger partial charge in [-0.25, -0.2) is 0 Å². The van der Waals surface area contributed by atoms with Crippen molar-refractivity contribution in [3.63, 3.8) is 0 Å². The van der Waals surface area contributed by atoms with Gasteiger partial charge in [-0.1, -0.05) is 42.5 Å². The molecule has 0 N–H and O–H groups in total. The first-order chi connectivity index (χ1) is 18.3. The minimum Gasteiger partial charge on any atom is -0.482 e. The van der Waals surface area contributed by atoms with Gasteiger partial charge in [0.25, 0.3) is 5.91 Å². The van der Waals surface area contributed by atoms with Crippen LogP contribution in [-0.2, 0) is 0 Å². The number of para-hydroxylation sites is 1. The number of ether oxygens (including phenoxy) is 1. The highest BCUT2D eigenvalue weighted by Crippen LogP contribution is 2.40. The molecule has 192 valence electrons. The van der Waals surface area contributed by atoms with Gasteiger partial charge in [0.2, 0.25) is 0 Å². The largest absolute Gasteiger partial charge is 0.482 e. The second kappa shape index (κ2) is 10.4. The number of ketones is 1. The Bertz CT molecular complexity index is 1430. The maximum Gasteiger partial charge on any atom is 0.259 e. The topological polar surface area (TPSA) is 53.1 Å². The summed E-state index contributed by atoms with van der Waals surface area (Å²) in [6, 6.07) is 31.0. The van der Waals surface area contributed by atoms with E-state index in [0.29, 0.717) is 22.6 Å². The summed E-state index contributed by atoms with van der Waals surface area (Å²) in [5.74, 6) is 0.0967. The molecule has 4 aromatic carbocycles. The van der Waals surface area contributed by atoms with E-state index in [0.717, 1.165) is 16.9 Å². The summed E-state index contributed by atoms with van der Waals surface area (Å²) in [5.41, 5.74) is 4.43. The lowest BCUT2D eigenvalue weighted by molar-refractivity contribution is 0.0730. The average molecular weight is 506 g/mol. The van der Waals surface area contributed by atoms with Crippen LogP contribution < -0.4 is 19.4 Å². The van der Waals surface area contributed by atoms with Gasteiger partial charge in [0.15, 0.2) is 11.9 Å². The van der Waals surface area contributed by atoms with Crippen LogP contribution >= 0.6 is 0 Å². The van der Waals surface area contributed by atoms with Gasteiger partial charge < -0.3 is 14.5 Å². The van der Waals surface area contributed by atoms with Crippen molar-refractivity contribution in [3.8, 4) is 5.75 Å². The monoisotopic (exact) mass is 505 g/mol. The third-order valence-corrected chi connectivity index (χ3v) is 6.86. The van der Waals surface area contributed by atoms with Crippen molar-refractivity contribution < 1.29 is 14.3 Å². The summed E-state index contributed by atoms with van der Waals surface area (Å²) < 4.78 is 6.52. The van der Waals surface area contributed by atoms with Gasteiger partial charge in [0, 0.05) is 50.8 Å². The molecular weight excluding hydrogens is 474 g/mol. The number of carbonyl (C=O) groups excluding carboxylic acids is 2. The molecule has 1 aliphatic rings. The summed E-state index contributed by atoms with van der Waals surface area (Å²) in [6.45, 7) is 0. The first kappa shape index (κ1) is 25.1. The number of hydrogen-bond donors (Lipinski definition) is 0. The van der Waals surface area contributed by atoms with E-state index in [1.807, 2.05) is 117 Å². The molecule has 0 spiro atoms. The molecule has 2 unspecified atom stereocenters. The molecule has 6 nitrogen and oxygen atoms in total. The number of amides is 1. The van der Waals surface area contributed by atoms with Gasteiger partial charge in [0.05, 0.1) is 5.56 Å². The van der Waals surface area contributed by atoms with Gasteiger partial charge in [-0.05, 0) is 66.2 Å². The second-order valence-corrected chi connectivity index (χ2v) is 9.78. The number of benzene rings is 4. The van der Waals surface area contributed by atoms with Gasteiger partial charge in [-0.2, -0.15) is 0 Å². The molecule has 0 saturated heterocycles. The molecule has 38 heavy (non-hydrogen) atoms. The molecule has 2 atom stereocenters. The smallest absolute Gasteiger partial charge is 0.259 e. The summed E-state index contributed by atoms with van der Waals surface area (Å²) in [6.07, 6.45) is -0.699. The lowest BCUT2D eigenvalue weighted by atomic mass is 9.89. The number of anilines is 3. The van der Waals surface area contributed by atoms with Crippen LogP contribution in [-0.4, -0.2) is 45.9 Å². The van der Waals surface area contributed by atoms with Crippen LogP contribution in [0.25, 0.3) is 0 Å². The van der Waals surface area contributed by atoms with E-state index in [2.05, 4.69) is 0 Å². The number of carbonyl (C=O) groups is 2. The molecule has 0 fully saturated rings. The Hall–Kier alpha value is -4.58. The number of fused-ring (bicyclic) bond motifs is 1. The van der Waals surface area contributed by atoms with Crippen molar-refractivity contribution in [2.24, 2.45) is 0 Å². The molecular formula is C32H31N3O3. The standard InChI is InChI=1S/C32H31N3O3/c1-33(2)24-16-14-22(15-17-24)31-29(30(36)27-12-8-9-13-28(27)38-31)35(32(37)23-10-6-5-7-11-23)26-20-18-25(19-21-26)34(3)4/h5-21,29,31H,1-4H3. The Morgan fingerprint density at radius 2 is 1.18 bits per heavy atom. The molecule has 0 radical (unpaired) electrons. The van der Waals surface area contributed by atoms with Crippen LogP contribution in [0.4, 0.5) is 17.1 Å². The zero-order valence-corrected chi connectivity index (χ0v) is 22.0. The third kappa shape index (κ3) is 4.73. The zero-order valence-electron chi connectivity index (χ0n) is 22.0. The third-order valence-electron chi connectivity index (χ3n) is 6.86. The quantitative estimate of drug-likeness (QED) is 0.329. The highest BCUT2D eigenvalue weighted by molar-refractivity contribution is 6.14. The van der Waals surface area contributed by atoms with E-state index in [-0.39, 0.29) is 11.7 Å². The highest BCUT2D eigenvalue weighted by Gasteiger charge is 2.44. The van der Waals surface area contributed by atoms with Crippen molar-refractivity contribution in [1.29, 1.82) is 0 Å². The predicted octanol–water partition coefficient (Wildman–Crippen LogP) is 5.85. The van der Waals surface area contributed by atoms with Crippen LogP contribution in [0.5, 0.6) is 5.75 Å². The van der Waals surface area contributed by atoms with Crippen LogP contribution in [0.3, 0.4) is 0 Å². The molecule has 1 amide bonds. The van der Waals surface area contributed by atoms with E-state index in [9.17, 15) is 9.59 Å². The van der Waals surface area contributed by atoms with Crippen molar-refractivity contribution in [2.45, 2.75) is 12.1 Å². The van der Waals surface area contributed by atoms with Crippen molar-refractivity contribution in [2.75, 3.05) is 42.9 Å². The predicted molar refractivity (Wildman–Crippen MR) is 153 cm³/mol. The average Bonchev–Trinajstić information content (AvgIpc) is 2.95. The Kier molecular flexibility index (Phi) is 6.88. The maximum absolute atomic E-state index is 14.2. The first-order valence-corrected chi connectivity index (χ1v) is 12.6. The normalized spacial score (nSPS) is 16.3. The fraction of sp³-hybridized carbons (Fsp3) is 0.188.